The Bertz CT molecular complexity index is 703. The van der Waals surface area contributed by atoms with Crippen molar-refractivity contribution >= 4 is 23.0 Å². The van der Waals surface area contributed by atoms with Crippen LogP contribution in [0.1, 0.15) is 12.5 Å². The zero-order valence-corrected chi connectivity index (χ0v) is 14.1. The minimum atomic E-state index is -0.483. The van der Waals surface area contributed by atoms with E-state index < -0.39 is 5.66 Å². The minimum absolute atomic E-state index is 0.483. The molecule has 1 saturated heterocycles. The highest BCUT2D eigenvalue weighted by atomic mass is 32.1. The molecule has 120 valence electrons. The van der Waals surface area contributed by atoms with E-state index in [1.165, 1.54) is 0 Å². The topological polar surface area (TPSA) is 45.8 Å². The van der Waals surface area contributed by atoms with E-state index in [0.29, 0.717) is 5.11 Å². The third-order valence-electron chi connectivity index (χ3n) is 3.89. The molecule has 5 nitrogen and oxygen atoms in total. The van der Waals surface area contributed by atoms with E-state index >= 15 is 0 Å². The van der Waals surface area contributed by atoms with Gasteiger partial charge in [-0.3, -0.25) is 0 Å². The summed E-state index contributed by atoms with van der Waals surface area (Å²) in [6, 6.07) is 15.6. The van der Waals surface area contributed by atoms with Crippen molar-refractivity contribution in [2.75, 3.05) is 19.2 Å². The number of anilines is 1. The molecular weight excluding hydrogens is 310 g/mol. The van der Waals surface area contributed by atoms with E-state index in [1.807, 2.05) is 60.5 Å². The number of rotatable bonds is 4. The van der Waals surface area contributed by atoms with E-state index in [0.717, 1.165) is 22.7 Å². The second kappa shape index (κ2) is 6.06. The van der Waals surface area contributed by atoms with Crippen LogP contribution in [0.5, 0.6) is 11.5 Å². The van der Waals surface area contributed by atoms with Gasteiger partial charge in [0.1, 0.15) is 17.2 Å². The van der Waals surface area contributed by atoms with E-state index in [9.17, 15) is 0 Å². The molecule has 2 aromatic carbocycles. The van der Waals surface area contributed by atoms with Crippen LogP contribution in [0.3, 0.4) is 0 Å². The number of ether oxygens (including phenoxy) is 2. The number of benzene rings is 2. The predicted molar refractivity (Wildman–Crippen MR) is 94.7 cm³/mol. The lowest BCUT2D eigenvalue weighted by Gasteiger charge is -2.26. The van der Waals surface area contributed by atoms with E-state index in [4.69, 9.17) is 21.7 Å². The Balaban J connectivity index is 1.84. The Labute approximate surface area is 141 Å². The summed E-state index contributed by atoms with van der Waals surface area (Å²) < 4.78 is 10.4. The lowest BCUT2D eigenvalue weighted by Crippen LogP contribution is -2.45. The summed E-state index contributed by atoms with van der Waals surface area (Å²) in [6.07, 6.45) is 0. The fourth-order valence-corrected chi connectivity index (χ4v) is 2.90. The molecule has 0 saturated carbocycles. The molecule has 0 aliphatic carbocycles. The van der Waals surface area contributed by atoms with Gasteiger partial charge in [-0.1, -0.05) is 12.1 Å². The molecular formula is C17H19N3O2S. The van der Waals surface area contributed by atoms with Gasteiger partial charge in [-0.15, -0.1) is 0 Å². The number of thiocarbonyl (C=S) groups is 1. The zero-order valence-electron chi connectivity index (χ0n) is 13.3. The molecule has 2 N–H and O–H groups in total. The molecule has 0 spiro atoms. The number of methoxy groups -OCH3 is 2. The van der Waals surface area contributed by atoms with Gasteiger partial charge in [0.15, 0.2) is 5.11 Å². The van der Waals surface area contributed by atoms with Gasteiger partial charge in [-0.05, 0) is 61.1 Å². The molecule has 6 heteroatoms. The molecule has 0 amide bonds. The second-order valence-corrected chi connectivity index (χ2v) is 5.82. The normalized spacial score (nSPS) is 20.3. The van der Waals surface area contributed by atoms with E-state index in [-0.39, 0.29) is 0 Å². The first-order valence-corrected chi connectivity index (χ1v) is 7.65. The van der Waals surface area contributed by atoms with E-state index in [1.54, 1.807) is 14.2 Å². The number of hydrazine groups is 1. The molecule has 0 aromatic heterocycles. The number of hydrogen-bond donors (Lipinski definition) is 2. The van der Waals surface area contributed by atoms with Gasteiger partial charge in [0.2, 0.25) is 0 Å². The summed E-state index contributed by atoms with van der Waals surface area (Å²) in [7, 11) is 3.30. The summed E-state index contributed by atoms with van der Waals surface area (Å²) in [6.45, 7) is 2.05. The highest BCUT2D eigenvalue weighted by molar-refractivity contribution is 7.80. The fourth-order valence-electron chi connectivity index (χ4n) is 2.55. The Kier molecular flexibility index (Phi) is 4.11. The largest absolute Gasteiger partial charge is 0.497 e. The van der Waals surface area contributed by atoms with Crippen LogP contribution in [-0.2, 0) is 5.66 Å². The van der Waals surface area contributed by atoms with Crippen molar-refractivity contribution in [3.8, 4) is 11.5 Å². The van der Waals surface area contributed by atoms with Crippen LogP contribution in [0.25, 0.3) is 0 Å². The fraction of sp³-hybridized carbons (Fsp3) is 0.235. The monoisotopic (exact) mass is 329 g/mol. The first-order valence-electron chi connectivity index (χ1n) is 7.24. The van der Waals surface area contributed by atoms with Gasteiger partial charge in [0.05, 0.1) is 19.9 Å². The number of nitrogens with zero attached hydrogens (tertiary/aromatic N) is 1. The highest BCUT2D eigenvalue weighted by Gasteiger charge is 2.38. The van der Waals surface area contributed by atoms with Crippen molar-refractivity contribution in [1.82, 2.24) is 10.7 Å². The van der Waals surface area contributed by atoms with Crippen LogP contribution in [-0.4, -0.2) is 19.3 Å². The van der Waals surface area contributed by atoms with Gasteiger partial charge in [-0.2, -0.15) is 5.43 Å². The van der Waals surface area contributed by atoms with Crippen LogP contribution < -0.4 is 25.2 Å². The van der Waals surface area contributed by atoms with Crippen molar-refractivity contribution < 1.29 is 9.47 Å². The number of nitrogens with one attached hydrogen (secondary N) is 2. The molecule has 0 radical (unpaired) electrons. The summed E-state index contributed by atoms with van der Waals surface area (Å²) >= 11 is 5.48. The summed E-state index contributed by atoms with van der Waals surface area (Å²) in [4.78, 5) is 0. The standard InChI is InChI=1S/C17H19N3O2S/c1-17(12-4-8-14(21-2)9-5-12)18-16(23)20(19-17)13-6-10-15(22-3)11-7-13/h4-11,19H,1-3H3,(H,18,23)/t17-/m1/s1. The maximum atomic E-state index is 5.48. The van der Waals surface area contributed by atoms with Crippen LogP contribution in [0.2, 0.25) is 0 Å². The van der Waals surface area contributed by atoms with Gasteiger partial charge < -0.3 is 14.8 Å². The number of hydrogen-bond acceptors (Lipinski definition) is 4. The van der Waals surface area contributed by atoms with Crippen molar-refractivity contribution in [3.63, 3.8) is 0 Å². The Hall–Kier alpha value is -2.31. The maximum Gasteiger partial charge on any atom is 0.190 e. The molecule has 0 bridgehead atoms. The van der Waals surface area contributed by atoms with Gasteiger partial charge in [0, 0.05) is 0 Å². The average Bonchev–Trinajstić information content (AvgIpc) is 2.91. The predicted octanol–water partition coefficient (Wildman–Crippen LogP) is 2.78. The van der Waals surface area contributed by atoms with Crippen LogP contribution in [0, 0.1) is 0 Å². The minimum Gasteiger partial charge on any atom is -0.497 e. The maximum absolute atomic E-state index is 5.48. The van der Waals surface area contributed by atoms with Gasteiger partial charge in [0.25, 0.3) is 0 Å². The molecule has 1 fully saturated rings. The summed E-state index contributed by atoms with van der Waals surface area (Å²) in [5, 5.41) is 5.81. The smallest absolute Gasteiger partial charge is 0.190 e. The molecule has 1 aliphatic heterocycles. The second-order valence-electron chi connectivity index (χ2n) is 5.43. The lowest BCUT2D eigenvalue weighted by atomic mass is 10.0. The van der Waals surface area contributed by atoms with Crippen molar-refractivity contribution in [2.45, 2.75) is 12.6 Å². The summed E-state index contributed by atoms with van der Waals surface area (Å²) in [5.41, 5.74) is 4.95. The molecule has 1 heterocycles. The third-order valence-corrected chi connectivity index (χ3v) is 4.18. The van der Waals surface area contributed by atoms with Crippen LogP contribution >= 0.6 is 12.2 Å². The van der Waals surface area contributed by atoms with E-state index in [2.05, 4.69) is 10.7 Å². The Morgan fingerprint density at radius 3 is 1.96 bits per heavy atom. The first kappa shape index (κ1) is 15.6. The molecule has 1 atom stereocenters. The zero-order chi connectivity index (χ0) is 16.4. The van der Waals surface area contributed by atoms with Crippen LogP contribution in [0.15, 0.2) is 48.5 Å². The molecule has 3 rings (SSSR count). The summed E-state index contributed by atoms with van der Waals surface area (Å²) in [5.74, 6) is 1.63. The van der Waals surface area contributed by atoms with Crippen molar-refractivity contribution in [1.29, 1.82) is 0 Å². The van der Waals surface area contributed by atoms with Crippen LogP contribution in [0.4, 0.5) is 5.69 Å². The highest BCUT2D eigenvalue weighted by Crippen LogP contribution is 2.28. The first-order chi connectivity index (χ1) is 11.1. The molecule has 2 aromatic rings. The lowest BCUT2D eigenvalue weighted by molar-refractivity contribution is 0.386. The van der Waals surface area contributed by atoms with Crippen molar-refractivity contribution in [3.05, 3.63) is 54.1 Å². The van der Waals surface area contributed by atoms with Gasteiger partial charge in [-0.25, -0.2) is 5.01 Å². The Morgan fingerprint density at radius 1 is 0.913 bits per heavy atom. The average molecular weight is 329 g/mol. The molecule has 1 aliphatic rings. The van der Waals surface area contributed by atoms with Gasteiger partial charge >= 0.3 is 0 Å². The SMILES string of the molecule is COc1ccc(N2N[C@](C)(c3ccc(OC)cc3)NC2=S)cc1. The van der Waals surface area contributed by atoms with Crippen molar-refractivity contribution in [2.24, 2.45) is 0 Å². The molecule has 23 heavy (non-hydrogen) atoms. The Morgan fingerprint density at radius 2 is 1.43 bits per heavy atom. The quantitative estimate of drug-likeness (QED) is 0.841. The molecule has 0 unspecified atom stereocenters. The third kappa shape index (κ3) is 2.95.